The molecule has 1 amide bonds. The standard InChI is InChI=1S/C18H21N3O4/c1-2-21-11-14(10-20-21)16-15(7-8-25-16)17(22)19-9-12-3-5-13(6-4-12)18(23)24/h3-6,10-11,15-16H,2,7-9H2,1H3,(H,19,22)(H,23,24)/t15-,16+/m0/s1. The van der Waals surface area contributed by atoms with Gasteiger partial charge in [0.15, 0.2) is 0 Å². The molecular formula is C18H21N3O4. The Kier molecular flexibility index (Phi) is 5.14. The van der Waals surface area contributed by atoms with E-state index in [1.165, 1.54) is 12.1 Å². The van der Waals surface area contributed by atoms with Gasteiger partial charge in [0.25, 0.3) is 0 Å². The van der Waals surface area contributed by atoms with Gasteiger partial charge in [-0.1, -0.05) is 12.1 Å². The van der Waals surface area contributed by atoms with Gasteiger partial charge in [0, 0.05) is 31.5 Å². The van der Waals surface area contributed by atoms with Crippen molar-refractivity contribution < 1.29 is 19.4 Å². The molecule has 25 heavy (non-hydrogen) atoms. The van der Waals surface area contributed by atoms with Gasteiger partial charge in [0.1, 0.15) is 0 Å². The first-order valence-electron chi connectivity index (χ1n) is 8.32. The maximum absolute atomic E-state index is 12.5. The van der Waals surface area contributed by atoms with E-state index in [1.807, 2.05) is 17.8 Å². The highest BCUT2D eigenvalue weighted by molar-refractivity contribution is 5.87. The topological polar surface area (TPSA) is 93.5 Å². The molecule has 1 aromatic heterocycles. The van der Waals surface area contributed by atoms with Gasteiger partial charge in [0.05, 0.1) is 23.8 Å². The zero-order valence-electron chi connectivity index (χ0n) is 14.0. The van der Waals surface area contributed by atoms with E-state index in [2.05, 4.69) is 10.4 Å². The average Bonchev–Trinajstić information content (AvgIpc) is 3.28. The second kappa shape index (κ2) is 7.48. The van der Waals surface area contributed by atoms with Crippen molar-refractivity contribution in [2.75, 3.05) is 6.61 Å². The fourth-order valence-electron chi connectivity index (χ4n) is 2.97. The molecule has 1 aromatic carbocycles. The van der Waals surface area contributed by atoms with Crippen LogP contribution in [0.1, 0.15) is 40.9 Å². The summed E-state index contributed by atoms with van der Waals surface area (Å²) < 4.78 is 7.56. The zero-order chi connectivity index (χ0) is 17.8. The lowest BCUT2D eigenvalue weighted by atomic mass is 9.96. The summed E-state index contributed by atoms with van der Waals surface area (Å²) in [6.45, 7) is 3.69. The van der Waals surface area contributed by atoms with E-state index < -0.39 is 5.97 Å². The predicted octanol–water partition coefficient (Wildman–Crippen LogP) is 2.00. The number of aryl methyl sites for hydroxylation is 1. The number of nitrogens with zero attached hydrogens (tertiary/aromatic N) is 2. The molecule has 3 rings (SSSR count). The molecule has 0 spiro atoms. The molecule has 132 valence electrons. The van der Waals surface area contributed by atoms with Crippen molar-refractivity contribution in [2.45, 2.75) is 32.5 Å². The van der Waals surface area contributed by atoms with Gasteiger partial charge in [-0.15, -0.1) is 0 Å². The summed E-state index contributed by atoms with van der Waals surface area (Å²) in [6, 6.07) is 6.48. The van der Waals surface area contributed by atoms with Crippen LogP contribution >= 0.6 is 0 Å². The van der Waals surface area contributed by atoms with E-state index in [9.17, 15) is 9.59 Å². The molecule has 1 fully saturated rings. The van der Waals surface area contributed by atoms with Crippen molar-refractivity contribution >= 4 is 11.9 Å². The normalized spacial score (nSPS) is 19.7. The lowest BCUT2D eigenvalue weighted by molar-refractivity contribution is -0.126. The summed E-state index contributed by atoms with van der Waals surface area (Å²) in [5.41, 5.74) is 2.00. The summed E-state index contributed by atoms with van der Waals surface area (Å²) >= 11 is 0. The van der Waals surface area contributed by atoms with Crippen LogP contribution in [-0.2, 0) is 22.6 Å². The lowest BCUT2D eigenvalue weighted by Crippen LogP contribution is -2.31. The van der Waals surface area contributed by atoms with E-state index in [4.69, 9.17) is 9.84 Å². The van der Waals surface area contributed by atoms with Gasteiger partial charge < -0.3 is 15.2 Å². The monoisotopic (exact) mass is 343 g/mol. The Bertz CT molecular complexity index is 754. The van der Waals surface area contributed by atoms with Gasteiger partial charge in [-0.05, 0) is 31.0 Å². The highest BCUT2D eigenvalue weighted by atomic mass is 16.5. The van der Waals surface area contributed by atoms with E-state index in [0.717, 1.165) is 17.7 Å². The summed E-state index contributed by atoms with van der Waals surface area (Å²) in [7, 11) is 0. The number of hydrogen-bond acceptors (Lipinski definition) is 4. The number of carbonyl (C=O) groups is 2. The Labute approximate surface area is 145 Å². The number of amides is 1. The smallest absolute Gasteiger partial charge is 0.335 e. The maximum atomic E-state index is 12.5. The van der Waals surface area contributed by atoms with E-state index in [1.54, 1.807) is 18.3 Å². The molecule has 0 unspecified atom stereocenters. The Balaban J connectivity index is 1.60. The number of rotatable bonds is 6. The average molecular weight is 343 g/mol. The third kappa shape index (κ3) is 3.88. The minimum Gasteiger partial charge on any atom is -0.478 e. The fourth-order valence-corrected chi connectivity index (χ4v) is 2.97. The van der Waals surface area contributed by atoms with Gasteiger partial charge >= 0.3 is 5.97 Å². The first-order valence-corrected chi connectivity index (χ1v) is 8.32. The fraction of sp³-hybridized carbons (Fsp3) is 0.389. The number of carboxylic acid groups (broad SMARTS) is 1. The SMILES string of the molecule is CCn1cc([C@H]2OCC[C@@H]2C(=O)NCc2ccc(C(=O)O)cc2)cn1. The van der Waals surface area contributed by atoms with Crippen molar-refractivity contribution in [2.24, 2.45) is 5.92 Å². The maximum Gasteiger partial charge on any atom is 0.335 e. The molecule has 1 aliphatic heterocycles. The molecule has 7 nitrogen and oxygen atoms in total. The van der Waals surface area contributed by atoms with Crippen LogP contribution in [0.25, 0.3) is 0 Å². The van der Waals surface area contributed by atoms with Gasteiger partial charge in [-0.25, -0.2) is 4.79 Å². The number of carbonyl (C=O) groups excluding carboxylic acids is 1. The number of aromatic carboxylic acids is 1. The van der Waals surface area contributed by atoms with E-state index >= 15 is 0 Å². The molecule has 2 atom stereocenters. The van der Waals surface area contributed by atoms with Crippen LogP contribution in [0.5, 0.6) is 0 Å². The van der Waals surface area contributed by atoms with Crippen molar-refractivity contribution in [3.8, 4) is 0 Å². The van der Waals surface area contributed by atoms with Crippen LogP contribution in [0.15, 0.2) is 36.7 Å². The van der Waals surface area contributed by atoms with Gasteiger partial charge in [-0.3, -0.25) is 9.48 Å². The van der Waals surface area contributed by atoms with Crippen LogP contribution in [0.3, 0.4) is 0 Å². The molecule has 2 N–H and O–H groups in total. The molecule has 0 radical (unpaired) electrons. The van der Waals surface area contributed by atoms with Crippen LogP contribution in [-0.4, -0.2) is 33.4 Å². The number of nitrogens with one attached hydrogen (secondary N) is 1. The molecule has 7 heteroatoms. The molecule has 0 aliphatic carbocycles. The Morgan fingerprint density at radius 1 is 1.36 bits per heavy atom. The molecule has 2 heterocycles. The predicted molar refractivity (Wildman–Crippen MR) is 89.9 cm³/mol. The van der Waals surface area contributed by atoms with Gasteiger partial charge in [0.2, 0.25) is 5.91 Å². The second-order valence-corrected chi connectivity index (χ2v) is 6.04. The molecule has 2 aromatic rings. The number of hydrogen-bond donors (Lipinski definition) is 2. The molecule has 1 saturated heterocycles. The number of ether oxygens (including phenoxy) is 1. The van der Waals surface area contributed by atoms with Crippen molar-refractivity contribution in [1.29, 1.82) is 0 Å². The third-order valence-corrected chi connectivity index (χ3v) is 4.40. The number of benzene rings is 1. The van der Waals surface area contributed by atoms with Crippen LogP contribution in [0.4, 0.5) is 0 Å². The first-order chi connectivity index (χ1) is 12.1. The van der Waals surface area contributed by atoms with Crippen molar-refractivity contribution in [1.82, 2.24) is 15.1 Å². The van der Waals surface area contributed by atoms with E-state index in [0.29, 0.717) is 19.6 Å². The number of carboxylic acids is 1. The molecule has 0 bridgehead atoms. The summed E-state index contributed by atoms with van der Waals surface area (Å²) in [4.78, 5) is 23.4. The highest BCUT2D eigenvalue weighted by Crippen LogP contribution is 2.34. The largest absolute Gasteiger partial charge is 0.478 e. The first kappa shape index (κ1) is 17.2. The van der Waals surface area contributed by atoms with Crippen molar-refractivity contribution in [3.63, 3.8) is 0 Å². The Morgan fingerprint density at radius 2 is 2.12 bits per heavy atom. The lowest BCUT2D eigenvalue weighted by Gasteiger charge is -2.17. The second-order valence-electron chi connectivity index (χ2n) is 6.04. The summed E-state index contributed by atoms with van der Waals surface area (Å²) in [6.07, 6.45) is 4.08. The van der Waals surface area contributed by atoms with E-state index in [-0.39, 0.29) is 23.5 Å². The van der Waals surface area contributed by atoms with Crippen LogP contribution in [0.2, 0.25) is 0 Å². The quantitative estimate of drug-likeness (QED) is 0.837. The minimum atomic E-state index is -0.964. The Morgan fingerprint density at radius 3 is 2.76 bits per heavy atom. The summed E-state index contributed by atoms with van der Waals surface area (Å²) in [5, 5.41) is 16.1. The third-order valence-electron chi connectivity index (χ3n) is 4.40. The molecule has 0 saturated carbocycles. The van der Waals surface area contributed by atoms with Crippen molar-refractivity contribution in [3.05, 3.63) is 53.3 Å². The number of aromatic nitrogens is 2. The Hall–Kier alpha value is -2.67. The molecule has 1 aliphatic rings. The summed E-state index contributed by atoms with van der Waals surface area (Å²) in [5.74, 6) is -1.27. The van der Waals surface area contributed by atoms with Crippen LogP contribution in [0, 0.1) is 5.92 Å². The molecular weight excluding hydrogens is 322 g/mol. The zero-order valence-corrected chi connectivity index (χ0v) is 14.0. The minimum absolute atomic E-state index is 0.0611. The van der Waals surface area contributed by atoms with Gasteiger partial charge in [-0.2, -0.15) is 5.10 Å². The highest BCUT2D eigenvalue weighted by Gasteiger charge is 2.35. The van der Waals surface area contributed by atoms with Crippen LogP contribution < -0.4 is 5.32 Å².